The zero-order chi connectivity index (χ0) is 13.6. The van der Waals surface area contributed by atoms with Crippen molar-refractivity contribution in [2.75, 3.05) is 6.54 Å². The molecule has 0 radical (unpaired) electrons. The quantitative estimate of drug-likeness (QED) is 0.842. The Morgan fingerprint density at radius 2 is 2.11 bits per heavy atom. The van der Waals surface area contributed by atoms with Crippen LogP contribution >= 0.6 is 0 Å². The molecule has 0 fully saturated rings. The first-order chi connectivity index (χ1) is 8.42. The minimum atomic E-state index is -4.06. The second-order valence-corrected chi connectivity index (χ2v) is 4.35. The van der Waals surface area contributed by atoms with Crippen LogP contribution in [0.25, 0.3) is 0 Å². The number of aromatic nitrogens is 1. The topological polar surface area (TPSA) is 24.9 Å². The number of halogens is 3. The normalized spacial score (nSPS) is 13.6. The number of hydrogen-bond acceptors (Lipinski definition) is 2. The predicted octanol–water partition coefficient (Wildman–Crippen LogP) is 3.77. The number of alkyl halides is 3. The van der Waals surface area contributed by atoms with Crippen molar-refractivity contribution in [3.8, 4) is 0 Å². The average molecular weight is 260 g/mol. The fraction of sp³-hybridized carbons (Fsp3) is 0.615. The standard InChI is InChI=1S/C13H19F3N2/c1-3-17-12(5-4-7-13(14,15)16)11-6-8-18-10(2)9-11/h6,8-9,12,17H,3-5,7H2,1-2H3. The van der Waals surface area contributed by atoms with E-state index < -0.39 is 12.6 Å². The summed E-state index contributed by atoms with van der Waals surface area (Å²) in [5.74, 6) is 0. The Labute approximate surface area is 106 Å². The van der Waals surface area contributed by atoms with E-state index in [1.54, 1.807) is 6.20 Å². The van der Waals surface area contributed by atoms with Crippen LogP contribution in [0, 0.1) is 6.92 Å². The molecule has 1 rings (SSSR count). The maximum Gasteiger partial charge on any atom is 0.389 e. The van der Waals surface area contributed by atoms with Crippen molar-refractivity contribution in [2.24, 2.45) is 0 Å². The zero-order valence-electron chi connectivity index (χ0n) is 10.7. The Morgan fingerprint density at radius 3 is 2.67 bits per heavy atom. The van der Waals surface area contributed by atoms with Gasteiger partial charge in [0.25, 0.3) is 0 Å². The molecule has 0 bridgehead atoms. The number of nitrogens with one attached hydrogen (secondary N) is 1. The van der Waals surface area contributed by atoms with Crippen molar-refractivity contribution in [3.05, 3.63) is 29.6 Å². The summed E-state index contributed by atoms with van der Waals surface area (Å²) in [4.78, 5) is 4.09. The van der Waals surface area contributed by atoms with Crippen LogP contribution in [0.3, 0.4) is 0 Å². The van der Waals surface area contributed by atoms with Crippen LogP contribution in [0.5, 0.6) is 0 Å². The molecule has 0 spiro atoms. The van der Waals surface area contributed by atoms with Gasteiger partial charge in [-0.2, -0.15) is 13.2 Å². The van der Waals surface area contributed by atoms with Gasteiger partial charge in [0.05, 0.1) is 0 Å². The summed E-state index contributed by atoms with van der Waals surface area (Å²) in [5, 5.41) is 3.22. The molecule has 1 N–H and O–H groups in total. The average Bonchev–Trinajstić information content (AvgIpc) is 2.26. The number of nitrogens with zero attached hydrogens (tertiary/aromatic N) is 1. The van der Waals surface area contributed by atoms with Crippen molar-refractivity contribution in [1.82, 2.24) is 10.3 Å². The molecule has 5 heteroatoms. The van der Waals surface area contributed by atoms with E-state index in [4.69, 9.17) is 0 Å². The van der Waals surface area contributed by atoms with Crippen LogP contribution in [0.15, 0.2) is 18.3 Å². The highest BCUT2D eigenvalue weighted by molar-refractivity contribution is 5.19. The van der Waals surface area contributed by atoms with E-state index in [-0.39, 0.29) is 12.5 Å². The monoisotopic (exact) mass is 260 g/mol. The Kier molecular flexibility index (Phi) is 5.59. The van der Waals surface area contributed by atoms with E-state index in [9.17, 15) is 13.2 Å². The van der Waals surface area contributed by atoms with Gasteiger partial charge in [-0.3, -0.25) is 4.98 Å². The van der Waals surface area contributed by atoms with E-state index in [0.717, 1.165) is 17.8 Å². The molecule has 1 atom stereocenters. The lowest BCUT2D eigenvalue weighted by atomic mass is 10.0. The highest BCUT2D eigenvalue weighted by Gasteiger charge is 2.26. The van der Waals surface area contributed by atoms with Gasteiger partial charge >= 0.3 is 6.18 Å². The van der Waals surface area contributed by atoms with Crippen LogP contribution in [0.2, 0.25) is 0 Å². The molecule has 0 saturated carbocycles. The first kappa shape index (κ1) is 15.0. The van der Waals surface area contributed by atoms with Gasteiger partial charge in [-0.25, -0.2) is 0 Å². The van der Waals surface area contributed by atoms with Crippen LogP contribution in [-0.4, -0.2) is 17.7 Å². The van der Waals surface area contributed by atoms with Crippen LogP contribution in [-0.2, 0) is 0 Å². The van der Waals surface area contributed by atoms with Crippen LogP contribution < -0.4 is 5.32 Å². The number of aryl methyl sites for hydroxylation is 1. The lowest BCUT2D eigenvalue weighted by Gasteiger charge is -2.19. The Balaban J connectivity index is 2.60. The van der Waals surface area contributed by atoms with Crippen molar-refractivity contribution < 1.29 is 13.2 Å². The van der Waals surface area contributed by atoms with Crippen molar-refractivity contribution >= 4 is 0 Å². The summed E-state index contributed by atoms with van der Waals surface area (Å²) < 4.78 is 36.4. The Bertz CT molecular complexity index is 363. The lowest BCUT2D eigenvalue weighted by Crippen LogP contribution is -2.21. The summed E-state index contributed by atoms with van der Waals surface area (Å²) in [6.45, 7) is 4.56. The zero-order valence-corrected chi connectivity index (χ0v) is 10.7. The molecule has 2 nitrogen and oxygen atoms in total. The molecule has 1 unspecified atom stereocenters. The molecule has 0 aliphatic rings. The van der Waals surface area contributed by atoms with Gasteiger partial charge in [0.15, 0.2) is 0 Å². The number of pyridine rings is 1. The Morgan fingerprint density at radius 1 is 1.39 bits per heavy atom. The number of hydrogen-bond donors (Lipinski definition) is 1. The van der Waals surface area contributed by atoms with E-state index in [0.29, 0.717) is 6.42 Å². The molecule has 0 amide bonds. The molecule has 0 aliphatic carbocycles. The van der Waals surface area contributed by atoms with Gasteiger partial charge in [-0.05, 0) is 44.0 Å². The minimum Gasteiger partial charge on any atom is -0.310 e. The predicted molar refractivity (Wildman–Crippen MR) is 65.3 cm³/mol. The van der Waals surface area contributed by atoms with Crippen molar-refractivity contribution in [3.63, 3.8) is 0 Å². The van der Waals surface area contributed by atoms with E-state index in [2.05, 4.69) is 10.3 Å². The smallest absolute Gasteiger partial charge is 0.310 e. The third kappa shape index (κ3) is 5.49. The maximum atomic E-state index is 12.1. The van der Waals surface area contributed by atoms with E-state index in [1.165, 1.54) is 0 Å². The van der Waals surface area contributed by atoms with Gasteiger partial charge in [0.1, 0.15) is 0 Å². The molecule has 1 aromatic heterocycles. The van der Waals surface area contributed by atoms with Crippen molar-refractivity contribution in [1.29, 1.82) is 0 Å². The first-order valence-corrected chi connectivity index (χ1v) is 6.15. The van der Waals surface area contributed by atoms with Gasteiger partial charge in [-0.15, -0.1) is 0 Å². The molecule has 1 aromatic rings. The summed E-state index contributed by atoms with van der Waals surface area (Å²) in [6, 6.07) is 3.74. The fourth-order valence-electron chi connectivity index (χ4n) is 1.92. The Hall–Kier alpha value is -1.10. The molecule has 0 aliphatic heterocycles. The number of rotatable bonds is 6. The summed E-state index contributed by atoms with van der Waals surface area (Å²) in [5.41, 5.74) is 1.89. The molecule has 0 aromatic carbocycles. The largest absolute Gasteiger partial charge is 0.389 e. The SMILES string of the molecule is CCNC(CCCC(F)(F)F)c1ccnc(C)c1. The molecular weight excluding hydrogens is 241 g/mol. The van der Waals surface area contributed by atoms with Crippen molar-refractivity contribution in [2.45, 2.75) is 45.3 Å². The summed E-state index contributed by atoms with van der Waals surface area (Å²) in [6.07, 6.45) is -2.47. The van der Waals surface area contributed by atoms with Crippen LogP contribution in [0.1, 0.15) is 43.5 Å². The van der Waals surface area contributed by atoms with Gasteiger partial charge < -0.3 is 5.32 Å². The molecular formula is C13H19F3N2. The second-order valence-electron chi connectivity index (χ2n) is 4.35. The second kappa shape index (κ2) is 6.73. The van der Waals surface area contributed by atoms with Gasteiger partial charge in [0.2, 0.25) is 0 Å². The third-order valence-electron chi connectivity index (χ3n) is 2.73. The highest BCUT2D eigenvalue weighted by Crippen LogP contribution is 2.26. The molecule has 18 heavy (non-hydrogen) atoms. The lowest BCUT2D eigenvalue weighted by molar-refractivity contribution is -0.135. The first-order valence-electron chi connectivity index (χ1n) is 6.15. The van der Waals surface area contributed by atoms with Gasteiger partial charge in [-0.1, -0.05) is 6.92 Å². The van der Waals surface area contributed by atoms with E-state index >= 15 is 0 Å². The van der Waals surface area contributed by atoms with Crippen LogP contribution in [0.4, 0.5) is 13.2 Å². The highest BCUT2D eigenvalue weighted by atomic mass is 19.4. The molecule has 1 heterocycles. The maximum absolute atomic E-state index is 12.1. The third-order valence-corrected chi connectivity index (χ3v) is 2.73. The molecule has 0 saturated heterocycles. The summed E-state index contributed by atoms with van der Waals surface area (Å²) >= 11 is 0. The fourth-order valence-corrected chi connectivity index (χ4v) is 1.92. The molecule has 102 valence electrons. The minimum absolute atomic E-state index is 0.0287. The van der Waals surface area contributed by atoms with E-state index in [1.807, 2.05) is 26.0 Å². The van der Waals surface area contributed by atoms with Gasteiger partial charge in [0, 0.05) is 24.4 Å². The summed E-state index contributed by atoms with van der Waals surface area (Å²) in [7, 11) is 0.